The van der Waals surface area contributed by atoms with E-state index in [4.69, 9.17) is 5.26 Å². The lowest BCUT2D eigenvalue weighted by Gasteiger charge is -2.13. The molecule has 20 heavy (non-hydrogen) atoms. The number of thiazole rings is 1. The number of nitriles is 1. The maximum absolute atomic E-state index is 13.7. The van der Waals surface area contributed by atoms with Gasteiger partial charge in [-0.3, -0.25) is 0 Å². The molecule has 0 saturated heterocycles. The molecular weight excluding hydrogens is 273 g/mol. The fourth-order valence-corrected chi connectivity index (χ4v) is 2.56. The first-order valence-electron chi connectivity index (χ1n) is 6.29. The summed E-state index contributed by atoms with van der Waals surface area (Å²) in [5.41, 5.74) is 0.748. The topological polar surface area (TPSA) is 48.7 Å². The van der Waals surface area contributed by atoms with Crippen LogP contribution in [-0.4, -0.2) is 4.98 Å². The van der Waals surface area contributed by atoms with Gasteiger partial charge in [-0.05, 0) is 18.2 Å². The molecule has 0 atom stereocenters. The van der Waals surface area contributed by atoms with E-state index in [1.165, 1.54) is 6.07 Å². The predicted octanol–water partition coefficient (Wildman–Crippen LogP) is 4.06. The first kappa shape index (κ1) is 14.5. The smallest absolute Gasteiger partial charge is 0.147 e. The van der Waals surface area contributed by atoms with Gasteiger partial charge in [-0.15, -0.1) is 11.3 Å². The van der Waals surface area contributed by atoms with E-state index in [2.05, 4.69) is 31.1 Å². The van der Waals surface area contributed by atoms with Crippen molar-refractivity contribution in [3.63, 3.8) is 0 Å². The van der Waals surface area contributed by atoms with Crippen LogP contribution in [0.1, 0.15) is 36.2 Å². The molecule has 1 N–H and O–H groups in total. The molecule has 0 aliphatic rings. The van der Waals surface area contributed by atoms with Crippen molar-refractivity contribution in [2.75, 3.05) is 5.32 Å². The van der Waals surface area contributed by atoms with Crippen LogP contribution in [0.2, 0.25) is 0 Å². The Bertz CT molecular complexity index is 650. The minimum Gasteiger partial charge on any atom is -0.378 e. The molecule has 0 aliphatic carbocycles. The van der Waals surface area contributed by atoms with E-state index in [9.17, 15) is 4.39 Å². The largest absolute Gasteiger partial charge is 0.378 e. The van der Waals surface area contributed by atoms with Crippen LogP contribution in [0.15, 0.2) is 24.4 Å². The van der Waals surface area contributed by atoms with Gasteiger partial charge in [-0.1, -0.05) is 20.8 Å². The van der Waals surface area contributed by atoms with Crippen LogP contribution >= 0.6 is 11.3 Å². The Morgan fingerprint density at radius 3 is 2.70 bits per heavy atom. The van der Waals surface area contributed by atoms with Gasteiger partial charge in [-0.25, -0.2) is 9.37 Å². The SMILES string of the molecule is CC(C)(C)c1ncc(CNc2ccc(C#N)cc2F)s1. The number of rotatable bonds is 3. The number of benzene rings is 1. The summed E-state index contributed by atoms with van der Waals surface area (Å²) < 4.78 is 13.7. The molecule has 2 aromatic rings. The number of hydrogen-bond donors (Lipinski definition) is 1. The third-order valence-electron chi connectivity index (χ3n) is 2.75. The Morgan fingerprint density at radius 1 is 1.40 bits per heavy atom. The Balaban J connectivity index is 2.06. The quantitative estimate of drug-likeness (QED) is 0.926. The average Bonchev–Trinajstić information content (AvgIpc) is 2.86. The number of halogens is 1. The third-order valence-corrected chi connectivity index (χ3v) is 4.17. The molecule has 2 rings (SSSR count). The molecular formula is C15H16FN3S. The Labute approximate surface area is 122 Å². The van der Waals surface area contributed by atoms with Crippen molar-refractivity contribution in [3.05, 3.63) is 45.7 Å². The lowest BCUT2D eigenvalue weighted by Crippen LogP contribution is -2.09. The first-order chi connectivity index (χ1) is 9.40. The van der Waals surface area contributed by atoms with Gasteiger partial charge in [0.1, 0.15) is 5.82 Å². The highest BCUT2D eigenvalue weighted by Crippen LogP contribution is 2.27. The molecule has 1 aromatic carbocycles. The number of anilines is 1. The van der Waals surface area contributed by atoms with Crippen molar-refractivity contribution in [1.29, 1.82) is 5.26 Å². The summed E-state index contributed by atoms with van der Waals surface area (Å²) in [6.45, 7) is 6.87. The van der Waals surface area contributed by atoms with Crippen molar-refractivity contribution in [3.8, 4) is 6.07 Å². The van der Waals surface area contributed by atoms with Gasteiger partial charge >= 0.3 is 0 Å². The van der Waals surface area contributed by atoms with E-state index in [1.807, 2.05) is 12.3 Å². The lowest BCUT2D eigenvalue weighted by atomic mass is 9.98. The zero-order valence-corrected chi connectivity index (χ0v) is 12.5. The van der Waals surface area contributed by atoms with E-state index in [1.54, 1.807) is 23.5 Å². The molecule has 104 valence electrons. The summed E-state index contributed by atoms with van der Waals surface area (Å²) in [6.07, 6.45) is 1.82. The second-order valence-corrected chi connectivity index (χ2v) is 6.66. The summed E-state index contributed by atoms with van der Waals surface area (Å²) in [7, 11) is 0. The minimum absolute atomic E-state index is 0.0304. The molecule has 1 aromatic heterocycles. The Morgan fingerprint density at radius 2 is 2.15 bits per heavy atom. The zero-order chi connectivity index (χ0) is 14.8. The molecule has 1 heterocycles. The van der Waals surface area contributed by atoms with Crippen LogP contribution in [0.4, 0.5) is 10.1 Å². The van der Waals surface area contributed by atoms with E-state index >= 15 is 0 Å². The average molecular weight is 289 g/mol. The number of nitrogens with zero attached hydrogens (tertiary/aromatic N) is 2. The second kappa shape index (κ2) is 5.59. The number of nitrogens with one attached hydrogen (secondary N) is 1. The van der Waals surface area contributed by atoms with Crippen molar-refractivity contribution < 1.29 is 4.39 Å². The molecule has 5 heteroatoms. The third kappa shape index (κ3) is 3.34. The summed E-state index contributed by atoms with van der Waals surface area (Å²) in [6, 6.07) is 6.32. The van der Waals surface area contributed by atoms with E-state index in [0.717, 1.165) is 9.88 Å². The van der Waals surface area contributed by atoms with Gasteiger partial charge < -0.3 is 5.32 Å². The molecule has 0 unspecified atom stereocenters. The number of aromatic nitrogens is 1. The summed E-state index contributed by atoms with van der Waals surface area (Å²) in [5.74, 6) is -0.412. The zero-order valence-electron chi connectivity index (χ0n) is 11.7. The van der Waals surface area contributed by atoms with Crippen LogP contribution in [0, 0.1) is 17.1 Å². The normalized spacial score (nSPS) is 11.2. The maximum atomic E-state index is 13.7. The van der Waals surface area contributed by atoms with Crippen LogP contribution in [0.5, 0.6) is 0 Å². The number of hydrogen-bond acceptors (Lipinski definition) is 4. The van der Waals surface area contributed by atoms with Gasteiger partial charge in [0.05, 0.1) is 28.9 Å². The maximum Gasteiger partial charge on any atom is 0.147 e. The molecule has 0 aliphatic heterocycles. The molecule has 0 bridgehead atoms. The van der Waals surface area contributed by atoms with Crippen LogP contribution in [-0.2, 0) is 12.0 Å². The molecule has 0 spiro atoms. The van der Waals surface area contributed by atoms with Crippen molar-refractivity contribution in [2.24, 2.45) is 0 Å². The van der Waals surface area contributed by atoms with Crippen LogP contribution < -0.4 is 5.32 Å². The van der Waals surface area contributed by atoms with Gasteiger partial charge in [-0.2, -0.15) is 5.26 Å². The second-order valence-electron chi connectivity index (χ2n) is 5.54. The molecule has 0 fully saturated rings. The first-order valence-corrected chi connectivity index (χ1v) is 7.10. The molecule has 0 saturated carbocycles. The molecule has 3 nitrogen and oxygen atoms in total. The van der Waals surface area contributed by atoms with Gasteiger partial charge in [0, 0.05) is 16.5 Å². The van der Waals surface area contributed by atoms with E-state index < -0.39 is 5.82 Å². The summed E-state index contributed by atoms with van der Waals surface area (Å²) in [5, 5.41) is 12.8. The van der Waals surface area contributed by atoms with E-state index in [0.29, 0.717) is 17.8 Å². The standard InChI is InChI=1S/C15H16FN3S/c1-15(2,3)14-19-9-11(20-14)8-18-13-5-4-10(7-17)6-12(13)16/h4-6,9,18H,8H2,1-3H3. The molecule has 0 radical (unpaired) electrons. The highest BCUT2D eigenvalue weighted by molar-refractivity contribution is 7.11. The van der Waals surface area contributed by atoms with Crippen molar-refractivity contribution in [2.45, 2.75) is 32.7 Å². The van der Waals surface area contributed by atoms with Gasteiger partial charge in [0.2, 0.25) is 0 Å². The van der Waals surface area contributed by atoms with Gasteiger partial charge in [0.15, 0.2) is 0 Å². The Kier molecular flexibility index (Phi) is 4.05. The summed E-state index contributed by atoms with van der Waals surface area (Å²) in [4.78, 5) is 5.45. The monoisotopic (exact) mass is 289 g/mol. The molecule has 0 amide bonds. The highest BCUT2D eigenvalue weighted by atomic mass is 32.1. The van der Waals surface area contributed by atoms with Gasteiger partial charge in [0.25, 0.3) is 0 Å². The lowest BCUT2D eigenvalue weighted by molar-refractivity contribution is 0.585. The summed E-state index contributed by atoms with van der Waals surface area (Å²) >= 11 is 1.62. The van der Waals surface area contributed by atoms with Crippen LogP contribution in [0.25, 0.3) is 0 Å². The van der Waals surface area contributed by atoms with Crippen LogP contribution in [0.3, 0.4) is 0 Å². The Hall–Kier alpha value is -1.93. The van der Waals surface area contributed by atoms with Crippen molar-refractivity contribution in [1.82, 2.24) is 4.98 Å². The van der Waals surface area contributed by atoms with Crippen molar-refractivity contribution >= 4 is 17.0 Å². The highest BCUT2D eigenvalue weighted by Gasteiger charge is 2.17. The minimum atomic E-state index is -0.412. The fourth-order valence-electron chi connectivity index (χ4n) is 1.65. The predicted molar refractivity (Wildman–Crippen MR) is 79.3 cm³/mol. The van der Waals surface area contributed by atoms with E-state index in [-0.39, 0.29) is 5.41 Å². The fraction of sp³-hybridized carbons (Fsp3) is 0.333.